The van der Waals surface area contributed by atoms with Crippen molar-refractivity contribution in [1.29, 1.82) is 0 Å². The fourth-order valence-corrected chi connectivity index (χ4v) is 4.76. The van der Waals surface area contributed by atoms with E-state index in [1.165, 1.54) is 16.9 Å². The number of fused-ring (bicyclic) bond motifs is 1. The number of amides is 1. The molecule has 4 heteroatoms. The Morgan fingerprint density at radius 2 is 2.29 bits per heavy atom. The van der Waals surface area contributed by atoms with Gasteiger partial charge in [0.1, 0.15) is 0 Å². The van der Waals surface area contributed by atoms with Gasteiger partial charge in [0.2, 0.25) is 5.91 Å². The first kappa shape index (κ1) is 15.0. The van der Waals surface area contributed by atoms with Crippen molar-refractivity contribution in [1.82, 2.24) is 10.2 Å². The first-order valence-corrected chi connectivity index (χ1v) is 8.98. The van der Waals surface area contributed by atoms with Gasteiger partial charge in [-0.05, 0) is 62.2 Å². The molecule has 2 aliphatic rings. The summed E-state index contributed by atoms with van der Waals surface area (Å²) in [5.74, 6) is 0.787. The van der Waals surface area contributed by atoms with E-state index < -0.39 is 0 Å². The average molecular weight is 306 g/mol. The zero-order valence-corrected chi connectivity index (χ0v) is 14.1. The molecule has 1 aromatic rings. The van der Waals surface area contributed by atoms with Crippen molar-refractivity contribution in [3.05, 3.63) is 21.9 Å². The highest BCUT2D eigenvalue weighted by Gasteiger charge is 2.42. The summed E-state index contributed by atoms with van der Waals surface area (Å²) in [6, 6.07) is 2.42. The fraction of sp³-hybridized carbons (Fsp3) is 0.706. The van der Waals surface area contributed by atoms with Crippen molar-refractivity contribution >= 4 is 17.2 Å². The van der Waals surface area contributed by atoms with Crippen LogP contribution in [0.4, 0.5) is 0 Å². The largest absolute Gasteiger partial charge is 0.335 e. The Morgan fingerprint density at radius 1 is 1.48 bits per heavy atom. The molecule has 1 N–H and O–H groups in total. The molecule has 0 bridgehead atoms. The maximum absolute atomic E-state index is 13.2. The number of carbonyl (C=O) groups excluding carboxylic acids is 1. The highest BCUT2D eigenvalue weighted by Crippen LogP contribution is 2.39. The summed E-state index contributed by atoms with van der Waals surface area (Å²) in [6.45, 7) is 9.41. The van der Waals surface area contributed by atoms with Gasteiger partial charge in [0.25, 0.3) is 0 Å². The Kier molecular flexibility index (Phi) is 4.10. The zero-order chi connectivity index (χ0) is 15.0. The van der Waals surface area contributed by atoms with Crippen LogP contribution in [-0.2, 0) is 11.2 Å². The van der Waals surface area contributed by atoms with E-state index in [1.807, 2.05) is 11.3 Å². The number of piperidine rings is 1. The predicted octanol–water partition coefficient (Wildman–Crippen LogP) is 3.22. The van der Waals surface area contributed by atoms with Crippen LogP contribution in [0.1, 0.15) is 50.1 Å². The lowest BCUT2D eigenvalue weighted by Gasteiger charge is -2.43. The highest BCUT2D eigenvalue weighted by molar-refractivity contribution is 7.10. The lowest BCUT2D eigenvalue weighted by molar-refractivity contribution is -0.146. The lowest BCUT2D eigenvalue weighted by Crippen LogP contribution is -2.50. The number of nitrogens with zero attached hydrogens (tertiary/aromatic N) is 1. The number of carbonyl (C=O) groups is 1. The quantitative estimate of drug-likeness (QED) is 0.910. The standard InChI is InChI=1S/C17H26N2OS/c1-12-14-7-10-21-15(14)6-9-19(12)16(20)17(2,3)13-5-4-8-18-11-13/h7,10,12-13,18H,4-6,8-9,11H2,1-3H3. The highest BCUT2D eigenvalue weighted by atomic mass is 32.1. The van der Waals surface area contributed by atoms with E-state index >= 15 is 0 Å². The van der Waals surface area contributed by atoms with Crippen LogP contribution in [0.5, 0.6) is 0 Å². The molecule has 116 valence electrons. The van der Waals surface area contributed by atoms with Crippen molar-refractivity contribution in [3.8, 4) is 0 Å². The van der Waals surface area contributed by atoms with Crippen LogP contribution in [0.2, 0.25) is 0 Å². The topological polar surface area (TPSA) is 32.3 Å². The summed E-state index contributed by atoms with van der Waals surface area (Å²) >= 11 is 1.83. The van der Waals surface area contributed by atoms with E-state index in [0.29, 0.717) is 11.8 Å². The van der Waals surface area contributed by atoms with Crippen LogP contribution in [0.25, 0.3) is 0 Å². The molecule has 3 rings (SSSR count). The van der Waals surface area contributed by atoms with Gasteiger partial charge in [-0.15, -0.1) is 11.3 Å². The normalized spacial score (nSPS) is 26.5. The van der Waals surface area contributed by atoms with Crippen LogP contribution < -0.4 is 5.32 Å². The second-order valence-corrected chi connectivity index (χ2v) is 7.99. The summed E-state index contributed by atoms with van der Waals surface area (Å²) in [5, 5.41) is 5.61. The van der Waals surface area contributed by atoms with Crippen LogP contribution in [0.15, 0.2) is 11.4 Å². The summed E-state index contributed by atoms with van der Waals surface area (Å²) in [6.07, 6.45) is 3.37. The van der Waals surface area contributed by atoms with E-state index in [1.54, 1.807) is 0 Å². The van der Waals surface area contributed by atoms with Gasteiger partial charge >= 0.3 is 0 Å². The first-order valence-electron chi connectivity index (χ1n) is 8.10. The Hall–Kier alpha value is -0.870. The van der Waals surface area contributed by atoms with Gasteiger partial charge < -0.3 is 10.2 Å². The molecular formula is C17H26N2OS. The van der Waals surface area contributed by atoms with E-state index in [0.717, 1.165) is 32.5 Å². The molecule has 0 spiro atoms. The van der Waals surface area contributed by atoms with Crippen LogP contribution in [0.3, 0.4) is 0 Å². The molecule has 1 aromatic heterocycles. The summed E-state index contributed by atoms with van der Waals surface area (Å²) in [7, 11) is 0. The number of thiophene rings is 1. The molecule has 1 saturated heterocycles. The van der Waals surface area contributed by atoms with Gasteiger partial charge in [-0.3, -0.25) is 4.79 Å². The molecule has 1 fully saturated rings. The van der Waals surface area contributed by atoms with Crippen LogP contribution in [0, 0.1) is 11.3 Å². The Balaban J connectivity index is 1.78. The molecule has 2 atom stereocenters. The fourth-order valence-electron chi connectivity index (χ4n) is 3.80. The molecular weight excluding hydrogens is 280 g/mol. The molecule has 0 aliphatic carbocycles. The lowest BCUT2D eigenvalue weighted by atomic mass is 9.73. The number of nitrogens with one attached hydrogen (secondary N) is 1. The maximum Gasteiger partial charge on any atom is 0.229 e. The molecule has 0 saturated carbocycles. The van der Waals surface area contributed by atoms with Crippen LogP contribution in [-0.4, -0.2) is 30.4 Å². The summed E-state index contributed by atoms with van der Waals surface area (Å²) < 4.78 is 0. The Morgan fingerprint density at radius 3 is 3.00 bits per heavy atom. The minimum Gasteiger partial charge on any atom is -0.335 e. The molecule has 2 aliphatic heterocycles. The molecule has 0 aromatic carbocycles. The van der Waals surface area contributed by atoms with Gasteiger partial charge in [-0.2, -0.15) is 0 Å². The Labute approximate surface area is 131 Å². The third-order valence-corrected chi connectivity index (χ3v) is 6.40. The molecule has 3 heterocycles. The average Bonchev–Trinajstić information content (AvgIpc) is 2.97. The van der Waals surface area contributed by atoms with Crippen molar-refractivity contribution in [2.24, 2.45) is 11.3 Å². The summed E-state index contributed by atoms with van der Waals surface area (Å²) in [4.78, 5) is 16.7. The number of rotatable bonds is 2. The maximum atomic E-state index is 13.2. The second kappa shape index (κ2) is 5.73. The van der Waals surface area contributed by atoms with E-state index in [9.17, 15) is 4.79 Å². The van der Waals surface area contributed by atoms with Gasteiger partial charge in [-0.1, -0.05) is 13.8 Å². The van der Waals surface area contributed by atoms with Crippen molar-refractivity contribution in [2.75, 3.05) is 19.6 Å². The SMILES string of the molecule is CC1c2ccsc2CCN1C(=O)C(C)(C)C1CCCNC1. The third kappa shape index (κ3) is 2.64. The number of hydrogen-bond donors (Lipinski definition) is 1. The smallest absolute Gasteiger partial charge is 0.229 e. The second-order valence-electron chi connectivity index (χ2n) is 6.99. The molecule has 0 radical (unpaired) electrons. The molecule has 2 unspecified atom stereocenters. The monoisotopic (exact) mass is 306 g/mol. The molecule has 3 nitrogen and oxygen atoms in total. The minimum atomic E-state index is -0.269. The number of hydrogen-bond acceptors (Lipinski definition) is 3. The summed E-state index contributed by atoms with van der Waals surface area (Å²) in [5.41, 5.74) is 1.09. The van der Waals surface area contributed by atoms with Gasteiger partial charge in [-0.25, -0.2) is 0 Å². The van der Waals surface area contributed by atoms with Crippen molar-refractivity contribution in [2.45, 2.75) is 46.1 Å². The van der Waals surface area contributed by atoms with Gasteiger partial charge in [0.05, 0.1) is 6.04 Å². The van der Waals surface area contributed by atoms with E-state index in [-0.39, 0.29) is 11.5 Å². The van der Waals surface area contributed by atoms with Crippen molar-refractivity contribution in [3.63, 3.8) is 0 Å². The van der Waals surface area contributed by atoms with E-state index in [4.69, 9.17) is 0 Å². The van der Waals surface area contributed by atoms with Crippen LogP contribution >= 0.6 is 11.3 Å². The minimum absolute atomic E-state index is 0.225. The predicted molar refractivity (Wildman–Crippen MR) is 87.5 cm³/mol. The van der Waals surface area contributed by atoms with E-state index in [2.05, 4.69) is 42.4 Å². The third-order valence-electron chi connectivity index (χ3n) is 5.41. The Bertz CT molecular complexity index is 517. The molecule has 21 heavy (non-hydrogen) atoms. The van der Waals surface area contributed by atoms with Gasteiger partial charge in [0.15, 0.2) is 0 Å². The first-order chi connectivity index (χ1) is 10.0. The van der Waals surface area contributed by atoms with Gasteiger partial charge in [0, 0.05) is 16.8 Å². The zero-order valence-electron chi connectivity index (χ0n) is 13.3. The van der Waals surface area contributed by atoms with Crippen molar-refractivity contribution < 1.29 is 4.79 Å². The molecule has 1 amide bonds.